The maximum absolute atomic E-state index is 10.9. The summed E-state index contributed by atoms with van der Waals surface area (Å²) in [6.45, 7) is 2.37. The quantitative estimate of drug-likeness (QED) is 0.286. The number of hydrazone groups is 1. The second-order valence-corrected chi connectivity index (χ2v) is 6.74. The van der Waals surface area contributed by atoms with E-state index in [-0.39, 0.29) is 23.3 Å². The first-order valence-electron chi connectivity index (χ1n) is 9.76. The molecule has 12 nitrogen and oxygen atoms in total. The molecule has 1 aromatic heterocycles. The highest BCUT2D eigenvalue weighted by Gasteiger charge is 2.17. The fourth-order valence-corrected chi connectivity index (χ4v) is 2.93. The van der Waals surface area contributed by atoms with Crippen molar-refractivity contribution in [2.24, 2.45) is 5.10 Å². The van der Waals surface area contributed by atoms with Gasteiger partial charge in [-0.1, -0.05) is 12.1 Å². The molecule has 0 aliphatic carbocycles. The fraction of sp³-hybridized carbons (Fsp3) is 0.200. The molecule has 1 aliphatic heterocycles. The summed E-state index contributed by atoms with van der Waals surface area (Å²) in [6, 6.07) is 12.7. The van der Waals surface area contributed by atoms with E-state index in [1.165, 1.54) is 18.3 Å². The number of nitrogens with zero attached hydrogens (tertiary/aromatic N) is 6. The smallest absolute Gasteiger partial charge is 0.269 e. The molecule has 3 N–H and O–H groups in total. The largest absolute Gasteiger partial charge is 0.507 e. The number of para-hydroxylation sites is 1. The van der Waals surface area contributed by atoms with E-state index in [2.05, 4.69) is 30.8 Å². The maximum atomic E-state index is 10.9. The number of hydrogen-bond donors (Lipinski definition) is 3. The van der Waals surface area contributed by atoms with Crippen LogP contribution in [0.1, 0.15) is 5.56 Å². The first-order chi connectivity index (χ1) is 15.6. The highest BCUT2D eigenvalue weighted by Crippen LogP contribution is 2.21. The Labute approximate surface area is 182 Å². The number of morpholine rings is 1. The number of aromatic hydroxyl groups is 1. The Balaban J connectivity index is 1.57. The standard InChI is InChI=1S/C20H20N8O4/c29-17-4-2-1-3-14(17)13-21-26-19-23-18(22-15-5-7-16(8-6-15)28(30)31)24-20(25-19)27-9-11-32-12-10-27/h1-8,13,29H,9-12H2,(H2,22,23,24,25,26). The molecule has 1 aliphatic rings. The summed E-state index contributed by atoms with van der Waals surface area (Å²) in [5.41, 5.74) is 3.86. The third-order valence-corrected chi connectivity index (χ3v) is 4.56. The summed E-state index contributed by atoms with van der Waals surface area (Å²) in [4.78, 5) is 25.6. The molecule has 2 aromatic carbocycles. The predicted octanol–water partition coefficient (Wildman–Crippen LogP) is 2.51. The highest BCUT2D eigenvalue weighted by atomic mass is 16.6. The van der Waals surface area contributed by atoms with E-state index >= 15 is 0 Å². The van der Waals surface area contributed by atoms with Crippen molar-refractivity contribution in [1.82, 2.24) is 15.0 Å². The van der Waals surface area contributed by atoms with Gasteiger partial charge in [-0.05, 0) is 24.3 Å². The average Bonchev–Trinajstić information content (AvgIpc) is 2.81. The third-order valence-electron chi connectivity index (χ3n) is 4.56. The van der Waals surface area contributed by atoms with Gasteiger partial charge >= 0.3 is 0 Å². The highest BCUT2D eigenvalue weighted by molar-refractivity contribution is 5.83. The van der Waals surface area contributed by atoms with Crippen LogP contribution in [-0.2, 0) is 4.74 Å². The molecule has 0 bridgehead atoms. The maximum Gasteiger partial charge on any atom is 0.269 e. The number of ether oxygens (including phenoxy) is 1. The van der Waals surface area contributed by atoms with E-state index in [1.54, 1.807) is 36.4 Å². The minimum atomic E-state index is -0.464. The summed E-state index contributed by atoms with van der Waals surface area (Å²) in [5.74, 6) is 0.976. The van der Waals surface area contributed by atoms with E-state index in [1.807, 2.05) is 4.90 Å². The van der Waals surface area contributed by atoms with Gasteiger partial charge in [0.05, 0.1) is 24.4 Å². The third kappa shape index (κ3) is 5.23. The molecular weight excluding hydrogens is 416 g/mol. The van der Waals surface area contributed by atoms with Gasteiger partial charge < -0.3 is 20.1 Å². The van der Waals surface area contributed by atoms with E-state index in [0.717, 1.165) is 0 Å². The fourth-order valence-electron chi connectivity index (χ4n) is 2.93. The van der Waals surface area contributed by atoms with Gasteiger partial charge in [0.2, 0.25) is 17.8 Å². The Bertz CT molecular complexity index is 1120. The van der Waals surface area contributed by atoms with Crippen molar-refractivity contribution < 1.29 is 14.8 Å². The SMILES string of the molecule is O=[N+]([O-])c1ccc(Nc2nc(NN=Cc3ccccc3O)nc(N3CCOCC3)n2)cc1. The van der Waals surface area contributed by atoms with Gasteiger partial charge in [0.15, 0.2) is 0 Å². The van der Waals surface area contributed by atoms with Crippen LogP contribution in [0.5, 0.6) is 5.75 Å². The number of aromatic nitrogens is 3. The van der Waals surface area contributed by atoms with Gasteiger partial charge in [-0.3, -0.25) is 10.1 Å². The number of nitrogens with one attached hydrogen (secondary N) is 2. The van der Waals surface area contributed by atoms with Crippen LogP contribution in [0.3, 0.4) is 0 Å². The molecule has 2 heterocycles. The number of anilines is 4. The summed E-state index contributed by atoms with van der Waals surface area (Å²) in [7, 11) is 0. The second-order valence-electron chi connectivity index (χ2n) is 6.74. The molecule has 1 saturated heterocycles. The average molecular weight is 436 g/mol. The number of phenols is 1. The van der Waals surface area contributed by atoms with Crippen molar-refractivity contribution in [3.8, 4) is 5.75 Å². The lowest BCUT2D eigenvalue weighted by atomic mass is 10.2. The van der Waals surface area contributed by atoms with Crippen molar-refractivity contribution in [3.63, 3.8) is 0 Å². The van der Waals surface area contributed by atoms with E-state index in [9.17, 15) is 15.2 Å². The molecule has 0 saturated carbocycles. The molecule has 0 spiro atoms. The van der Waals surface area contributed by atoms with Crippen LogP contribution in [0.4, 0.5) is 29.2 Å². The normalized spacial score (nSPS) is 13.8. The molecule has 164 valence electrons. The van der Waals surface area contributed by atoms with Gasteiger partial charge in [0.1, 0.15) is 5.75 Å². The Morgan fingerprint density at radius 2 is 1.78 bits per heavy atom. The van der Waals surface area contributed by atoms with Gasteiger partial charge in [-0.2, -0.15) is 20.1 Å². The van der Waals surface area contributed by atoms with Crippen LogP contribution in [-0.4, -0.2) is 57.5 Å². The Hall–Kier alpha value is -4.32. The number of benzene rings is 2. The molecule has 0 radical (unpaired) electrons. The minimum absolute atomic E-state index is 0.0129. The Morgan fingerprint density at radius 3 is 2.50 bits per heavy atom. The van der Waals surface area contributed by atoms with Crippen LogP contribution in [0.2, 0.25) is 0 Å². The molecule has 3 aromatic rings. The van der Waals surface area contributed by atoms with E-state index < -0.39 is 4.92 Å². The van der Waals surface area contributed by atoms with E-state index in [4.69, 9.17) is 4.74 Å². The van der Waals surface area contributed by atoms with Crippen molar-refractivity contribution in [2.75, 3.05) is 41.9 Å². The monoisotopic (exact) mass is 436 g/mol. The molecule has 1 fully saturated rings. The lowest BCUT2D eigenvalue weighted by Gasteiger charge is -2.27. The molecular formula is C20H20N8O4. The Morgan fingerprint density at radius 1 is 1.06 bits per heavy atom. The summed E-state index contributed by atoms with van der Waals surface area (Å²) >= 11 is 0. The molecule has 0 amide bonds. The van der Waals surface area contributed by atoms with Crippen LogP contribution in [0, 0.1) is 10.1 Å². The number of nitro benzene ring substituents is 1. The van der Waals surface area contributed by atoms with Crippen LogP contribution in [0.15, 0.2) is 53.6 Å². The minimum Gasteiger partial charge on any atom is -0.507 e. The van der Waals surface area contributed by atoms with Gasteiger partial charge in [-0.25, -0.2) is 5.43 Å². The summed E-state index contributed by atoms with van der Waals surface area (Å²) in [5, 5.41) is 27.8. The zero-order valence-corrected chi connectivity index (χ0v) is 16.9. The summed E-state index contributed by atoms with van der Waals surface area (Å²) < 4.78 is 5.39. The van der Waals surface area contributed by atoms with Crippen LogP contribution in [0.25, 0.3) is 0 Å². The number of nitro groups is 1. The second kappa shape index (κ2) is 9.66. The van der Waals surface area contributed by atoms with Crippen molar-refractivity contribution in [2.45, 2.75) is 0 Å². The number of phenolic OH excluding ortho intramolecular Hbond substituents is 1. The molecule has 0 atom stereocenters. The molecule has 4 rings (SSSR count). The van der Waals surface area contributed by atoms with E-state index in [0.29, 0.717) is 43.5 Å². The first-order valence-corrected chi connectivity index (χ1v) is 9.76. The zero-order chi connectivity index (χ0) is 22.3. The number of hydrogen-bond acceptors (Lipinski definition) is 11. The van der Waals surface area contributed by atoms with Gasteiger partial charge in [0, 0.05) is 36.5 Å². The number of rotatable bonds is 7. The number of non-ortho nitro benzene ring substituents is 1. The first kappa shape index (κ1) is 20.9. The topological polar surface area (TPSA) is 151 Å². The molecule has 12 heteroatoms. The predicted molar refractivity (Wildman–Crippen MR) is 119 cm³/mol. The molecule has 0 unspecified atom stereocenters. The van der Waals surface area contributed by atoms with Crippen molar-refractivity contribution in [1.29, 1.82) is 0 Å². The van der Waals surface area contributed by atoms with Crippen LogP contribution < -0.4 is 15.6 Å². The van der Waals surface area contributed by atoms with Crippen molar-refractivity contribution >= 4 is 35.4 Å². The Kier molecular flexibility index (Phi) is 6.32. The van der Waals surface area contributed by atoms with Crippen molar-refractivity contribution in [3.05, 3.63) is 64.2 Å². The lowest BCUT2D eigenvalue weighted by molar-refractivity contribution is -0.384. The van der Waals surface area contributed by atoms with Gasteiger partial charge in [0.25, 0.3) is 5.69 Å². The molecule has 32 heavy (non-hydrogen) atoms. The van der Waals surface area contributed by atoms with Gasteiger partial charge in [-0.15, -0.1) is 0 Å². The van der Waals surface area contributed by atoms with Crippen LogP contribution >= 0.6 is 0 Å². The summed E-state index contributed by atoms with van der Waals surface area (Å²) in [6.07, 6.45) is 1.46. The zero-order valence-electron chi connectivity index (χ0n) is 16.9. The lowest BCUT2D eigenvalue weighted by Crippen LogP contribution is -2.37.